The Morgan fingerprint density at radius 1 is 1.44 bits per heavy atom. The number of aliphatic carboxylic acids is 1. The standard InChI is InChI=1S/C7H15NO2.C4H7NO/c1-4-5-6(7(9)10)8(2)3;1-3(2)4(5)6/h6H,4-5H2,1-3H3,(H,9,10);1H2,2H3,(H2,5,6). The summed E-state index contributed by atoms with van der Waals surface area (Å²) in [5.41, 5.74) is 5.09. The van der Waals surface area contributed by atoms with E-state index in [0.717, 1.165) is 12.8 Å². The van der Waals surface area contributed by atoms with E-state index in [-0.39, 0.29) is 6.04 Å². The van der Waals surface area contributed by atoms with Crippen molar-refractivity contribution in [2.45, 2.75) is 32.7 Å². The van der Waals surface area contributed by atoms with Gasteiger partial charge in [-0.1, -0.05) is 19.9 Å². The van der Waals surface area contributed by atoms with Crippen LogP contribution in [0.4, 0.5) is 0 Å². The van der Waals surface area contributed by atoms with E-state index >= 15 is 0 Å². The Morgan fingerprint density at radius 3 is 1.88 bits per heavy atom. The number of hydrogen-bond acceptors (Lipinski definition) is 3. The zero-order valence-electron chi connectivity index (χ0n) is 10.5. The van der Waals surface area contributed by atoms with Gasteiger partial charge < -0.3 is 10.8 Å². The second-order valence-corrected chi connectivity index (χ2v) is 3.75. The van der Waals surface area contributed by atoms with Crippen LogP contribution in [0.5, 0.6) is 0 Å². The van der Waals surface area contributed by atoms with Gasteiger partial charge in [0.1, 0.15) is 6.04 Å². The minimum absolute atomic E-state index is 0.315. The molecule has 0 saturated carbocycles. The van der Waals surface area contributed by atoms with Crippen LogP contribution in [0.2, 0.25) is 0 Å². The molecular weight excluding hydrogens is 208 g/mol. The molecule has 94 valence electrons. The average Bonchev–Trinajstić information content (AvgIpc) is 2.13. The fourth-order valence-corrected chi connectivity index (χ4v) is 0.876. The summed E-state index contributed by atoms with van der Waals surface area (Å²) in [5.74, 6) is -1.16. The lowest BCUT2D eigenvalue weighted by Crippen LogP contribution is -2.35. The van der Waals surface area contributed by atoms with E-state index in [2.05, 4.69) is 6.58 Å². The second-order valence-electron chi connectivity index (χ2n) is 3.75. The molecule has 0 aromatic heterocycles. The number of hydrogen-bond donors (Lipinski definition) is 2. The highest BCUT2D eigenvalue weighted by Crippen LogP contribution is 2.02. The van der Waals surface area contributed by atoms with Crippen molar-refractivity contribution in [3.05, 3.63) is 12.2 Å². The Labute approximate surface area is 96.9 Å². The van der Waals surface area contributed by atoms with Gasteiger partial charge >= 0.3 is 5.97 Å². The first-order chi connectivity index (χ1) is 7.23. The van der Waals surface area contributed by atoms with Crippen LogP contribution in [0.1, 0.15) is 26.7 Å². The number of nitrogens with zero attached hydrogens (tertiary/aromatic N) is 1. The van der Waals surface area contributed by atoms with Crippen LogP contribution >= 0.6 is 0 Å². The Bertz CT molecular complexity index is 238. The lowest BCUT2D eigenvalue weighted by atomic mass is 10.1. The van der Waals surface area contributed by atoms with E-state index in [9.17, 15) is 9.59 Å². The van der Waals surface area contributed by atoms with Crippen molar-refractivity contribution in [3.8, 4) is 0 Å². The van der Waals surface area contributed by atoms with Crippen molar-refractivity contribution < 1.29 is 14.7 Å². The van der Waals surface area contributed by atoms with Crippen molar-refractivity contribution in [2.24, 2.45) is 5.73 Å². The molecule has 1 amide bonds. The van der Waals surface area contributed by atoms with Gasteiger partial charge in [0, 0.05) is 5.57 Å². The number of nitrogens with two attached hydrogens (primary N) is 1. The van der Waals surface area contributed by atoms with Crippen LogP contribution in [0.3, 0.4) is 0 Å². The maximum atomic E-state index is 10.5. The number of primary amides is 1. The first-order valence-electron chi connectivity index (χ1n) is 5.08. The Morgan fingerprint density at radius 2 is 1.81 bits per heavy atom. The van der Waals surface area contributed by atoms with Gasteiger partial charge in [-0.2, -0.15) is 0 Å². The van der Waals surface area contributed by atoms with Gasteiger partial charge in [-0.3, -0.25) is 14.5 Å². The molecular formula is C11H22N2O3. The zero-order chi connectivity index (χ0) is 13.3. The lowest BCUT2D eigenvalue weighted by molar-refractivity contribution is -0.142. The second kappa shape index (κ2) is 8.91. The summed E-state index contributed by atoms with van der Waals surface area (Å²) in [7, 11) is 3.57. The highest BCUT2D eigenvalue weighted by atomic mass is 16.4. The molecule has 1 unspecified atom stereocenters. The van der Waals surface area contributed by atoms with Crippen LogP contribution in [0, 0.1) is 0 Å². The predicted octanol–water partition coefficient (Wildman–Crippen LogP) is 0.849. The molecule has 0 aromatic carbocycles. The third kappa shape index (κ3) is 9.21. The van der Waals surface area contributed by atoms with Crippen molar-refractivity contribution in [1.29, 1.82) is 0 Å². The first-order valence-corrected chi connectivity index (χ1v) is 5.08. The molecule has 0 heterocycles. The van der Waals surface area contributed by atoms with Gasteiger partial charge in [0.2, 0.25) is 5.91 Å². The molecule has 0 aliphatic carbocycles. The van der Waals surface area contributed by atoms with Crippen molar-refractivity contribution >= 4 is 11.9 Å². The minimum atomic E-state index is -0.730. The number of carbonyl (C=O) groups is 2. The van der Waals surface area contributed by atoms with E-state index in [4.69, 9.17) is 10.8 Å². The number of carboxylic acid groups (broad SMARTS) is 1. The Balaban J connectivity index is 0. The molecule has 1 atom stereocenters. The smallest absolute Gasteiger partial charge is 0.320 e. The van der Waals surface area contributed by atoms with E-state index in [0.29, 0.717) is 5.57 Å². The first kappa shape index (κ1) is 17.0. The summed E-state index contributed by atoms with van der Waals surface area (Å²) in [5, 5.41) is 8.63. The number of carbonyl (C=O) groups excluding carboxylic acids is 1. The minimum Gasteiger partial charge on any atom is -0.480 e. The molecule has 0 aliphatic heterocycles. The highest BCUT2D eigenvalue weighted by Gasteiger charge is 2.17. The number of amides is 1. The van der Waals surface area contributed by atoms with Crippen LogP contribution < -0.4 is 5.73 Å². The molecule has 0 spiro atoms. The van der Waals surface area contributed by atoms with E-state index in [1.54, 1.807) is 25.9 Å². The average molecular weight is 230 g/mol. The normalized spacial score (nSPS) is 11.3. The summed E-state index contributed by atoms with van der Waals surface area (Å²) in [4.78, 5) is 22.0. The molecule has 16 heavy (non-hydrogen) atoms. The maximum absolute atomic E-state index is 10.5. The number of rotatable bonds is 5. The lowest BCUT2D eigenvalue weighted by Gasteiger charge is -2.18. The fraction of sp³-hybridized carbons (Fsp3) is 0.636. The van der Waals surface area contributed by atoms with Crippen LogP contribution in [0.25, 0.3) is 0 Å². The monoisotopic (exact) mass is 230 g/mol. The van der Waals surface area contributed by atoms with Crippen LogP contribution in [-0.4, -0.2) is 42.0 Å². The Hall–Kier alpha value is -1.36. The molecule has 0 fully saturated rings. The predicted molar refractivity (Wildman–Crippen MR) is 64.0 cm³/mol. The molecule has 5 nitrogen and oxygen atoms in total. The number of carboxylic acids is 1. The molecule has 3 N–H and O–H groups in total. The van der Waals surface area contributed by atoms with Crippen LogP contribution in [0.15, 0.2) is 12.2 Å². The van der Waals surface area contributed by atoms with E-state index < -0.39 is 11.9 Å². The molecule has 0 rings (SSSR count). The van der Waals surface area contributed by atoms with Gasteiger partial charge in [-0.25, -0.2) is 0 Å². The molecule has 0 saturated heterocycles. The molecule has 5 heteroatoms. The van der Waals surface area contributed by atoms with Crippen molar-refractivity contribution in [3.63, 3.8) is 0 Å². The van der Waals surface area contributed by atoms with Gasteiger partial charge in [0.05, 0.1) is 0 Å². The fourth-order valence-electron chi connectivity index (χ4n) is 0.876. The van der Waals surface area contributed by atoms with Gasteiger partial charge in [-0.15, -0.1) is 0 Å². The summed E-state index contributed by atoms with van der Waals surface area (Å²) in [6, 6.07) is -0.315. The summed E-state index contributed by atoms with van der Waals surface area (Å²) in [6.07, 6.45) is 1.64. The summed E-state index contributed by atoms with van der Waals surface area (Å²) < 4.78 is 0. The van der Waals surface area contributed by atoms with E-state index in [1.807, 2.05) is 6.92 Å². The third-order valence-electron chi connectivity index (χ3n) is 1.89. The van der Waals surface area contributed by atoms with E-state index in [1.165, 1.54) is 0 Å². The maximum Gasteiger partial charge on any atom is 0.320 e. The Kier molecular flexibility index (Phi) is 9.49. The molecule has 0 aliphatic rings. The van der Waals surface area contributed by atoms with Gasteiger partial charge in [0.15, 0.2) is 0 Å². The molecule has 0 bridgehead atoms. The van der Waals surface area contributed by atoms with Gasteiger partial charge in [0.25, 0.3) is 0 Å². The van der Waals surface area contributed by atoms with Crippen molar-refractivity contribution in [2.75, 3.05) is 14.1 Å². The topological polar surface area (TPSA) is 83.6 Å². The van der Waals surface area contributed by atoms with Crippen molar-refractivity contribution in [1.82, 2.24) is 4.90 Å². The van der Waals surface area contributed by atoms with Gasteiger partial charge in [-0.05, 0) is 27.4 Å². The highest BCUT2D eigenvalue weighted by molar-refractivity contribution is 5.90. The molecule has 0 aromatic rings. The molecule has 0 radical (unpaired) electrons. The largest absolute Gasteiger partial charge is 0.480 e. The third-order valence-corrected chi connectivity index (χ3v) is 1.89. The summed E-state index contributed by atoms with van der Waals surface area (Å²) >= 11 is 0. The SMILES string of the molecule is C=C(C)C(N)=O.CCCC(C(=O)O)N(C)C. The zero-order valence-corrected chi connectivity index (χ0v) is 10.5. The number of likely N-dealkylation sites (N-methyl/N-ethyl adjacent to an activating group) is 1. The quantitative estimate of drug-likeness (QED) is 0.686. The summed E-state index contributed by atoms with van der Waals surface area (Å²) in [6.45, 7) is 6.84. The van der Waals surface area contributed by atoms with Crippen LogP contribution in [-0.2, 0) is 9.59 Å².